The number of aromatic nitrogens is 1. The van der Waals surface area contributed by atoms with Crippen LogP contribution in [0.25, 0.3) is 0 Å². The van der Waals surface area contributed by atoms with Gasteiger partial charge in [-0.15, -0.1) is 11.3 Å². The van der Waals surface area contributed by atoms with E-state index in [1.165, 1.54) is 22.6 Å². The Morgan fingerprint density at radius 2 is 2.29 bits per heavy atom. The molecule has 0 aliphatic carbocycles. The van der Waals surface area contributed by atoms with E-state index >= 15 is 0 Å². The molecule has 1 saturated heterocycles. The second kappa shape index (κ2) is 5.85. The Balaban J connectivity index is 1.87. The summed E-state index contributed by atoms with van der Waals surface area (Å²) in [6, 6.07) is 8.61. The van der Waals surface area contributed by atoms with Gasteiger partial charge in [0.2, 0.25) is 0 Å². The van der Waals surface area contributed by atoms with Gasteiger partial charge in [-0.05, 0) is 30.5 Å². The Morgan fingerprint density at radius 1 is 1.43 bits per heavy atom. The van der Waals surface area contributed by atoms with Crippen LogP contribution in [0.3, 0.4) is 0 Å². The van der Waals surface area contributed by atoms with Gasteiger partial charge in [-0.1, -0.05) is 12.1 Å². The normalized spacial score (nSPS) is 18.0. The van der Waals surface area contributed by atoms with Crippen LogP contribution in [0.1, 0.15) is 34.9 Å². The fourth-order valence-electron chi connectivity index (χ4n) is 2.83. The third-order valence-electron chi connectivity index (χ3n) is 3.94. The van der Waals surface area contributed by atoms with E-state index in [2.05, 4.69) is 34.1 Å². The summed E-state index contributed by atoms with van der Waals surface area (Å²) in [6.45, 7) is 0.813. The van der Waals surface area contributed by atoms with Crippen LogP contribution < -0.4 is 4.90 Å². The SMILES string of the molecule is CN(C)c1cccc([C@@H]2CCCN2C(=O)c2cscn2)c1. The second-order valence-electron chi connectivity index (χ2n) is 5.52. The molecular weight excluding hydrogens is 282 g/mol. The topological polar surface area (TPSA) is 36.4 Å². The molecule has 1 aromatic heterocycles. The summed E-state index contributed by atoms with van der Waals surface area (Å²) < 4.78 is 0. The average molecular weight is 301 g/mol. The first-order valence-corrected chi connectivity index (χ1v) is 8.07. The number of anilines is 1. The Labute approximate surface area is 129 Å². The zero-order chi connectivity index (χ0) is 14.8. The quantitative estimate of drug-likeness (QED) is 0.873. The van der Waals surface area contributed by atoms with E-state index < -0.39 is 0 Å². The molecule has 0 radical (unpaired) electrons. The highest BCUT2D eigenvalue weighted by Gasteiger charge is 2.31. The Hall–Kier alpha value is -1.88. The van der Waals surface area contributed by atoms with Crippen molar-refractivity contribution in [1.29, 1.82) is 0 Å². The number of thiazole rings is 1. The van der Waals surface area contributed by atoms with Gasteiger partial charge in [-0.3, -0.25) is 4.79 Å². The van der Waals surface area contributed by atoms with Crippen LogP contribution in [-0.2, 0) is 0 Å². The fraction of sp³-hybridized carbons (Fsp3) is 0.375. The van der Waals surface area contributed by atoms with Crippen molar-refractivity contribution in [3.05, 3.63) is 46.4 Å². The monoisotopic (exact) mass is 301 g/mol. The van der Waals surface area contributed by atoms with E-state index in [4.69, 9.17) is 0 Å². The number of benzene rings is 1. The van der Waals surface area contributed by atoms with E-state index in [9.17, 15) is 4.79 Å². The summed E-state index contributed by atoms with van der Waals surface area (Å²) in [5.41, 5.74) is 4.66. The van der Waals surface area contributed by atoms with Gasteiger partial charge in [0.15, 0.2) is 0 Å². The van der Waals surface area contributed by atoms with E-state index in [0.717, 1.165) is 19.4 Å². The number of carbonyl (C=O) groups is 1. The summed E-state index contributed by atoms with van der Waals surface area (Å²) in [4.78, 5) is 20.8. The van der Waals surface area contributed by atoms with Crippen molar-refractivity contribution in [3.8, 4) is 0 Å². The van der Waals surface area contributed by atoms with E-state index in [-0.39, 0.29) is 11.9 Å². The summed E-state index contributed by atoms with van der Waals surface area (Å²) in [5.74, 6) is 0.0500. The number of hydrogen-bond donors (Lipinski definition) is 0. The van der Waals surface area contributed by atoms with Gasteiger partial charge in [0.1, 0.15) is 5.69 Å². The molecule has 110 valence electrons. The standard InChI is InChI=1S/C16H19N3OS/c1-18(2)13-6-3-5-12(9-13)15-7-4-8-19(15)16(20)14-10-21-11-17-14/h3,5-6,9-11,15H,4,7-8H2,1-2H3/t15-/m0/s1. The van der Waals surface area contributed by atoms with Gasteiger partial charge in [0.25, 0.3) is 5.91 Å². The Morgan fingerprint density at radius 3 is 3.00 bits per heavy atom. The summed E-state index contributed by atoms with van der Waals surface area (Å²) in [6.07, 6.45) is 2.07. The van der Waals surface area contributed by atoms with Crippen molar-refractivity contribution in [3.63, 3.8) is 0 Å². The van der Waals surface area contributed by atoms with Gasteiger partial charge >= 0.3 is 0 Å². The van der Waals surface area contributed by atoms with Crippen molar-refractivity contribution < 1.29 is 4.79 Å². The van der Waals surface area contributed by atoms with Crippen molar-refractivity contribution in [1.82, 2.24) is 9.88 Å². The lowest BCUT2D eigenvalue weighted by Gasteiger charge is -2.25. The first-order valence-electron chi connectivity index (χ1n) is 7.13. The number of rotatable bonds is 3. The van der Waals surface area contributed by atoms with Gasteiger partial charge in [0, 0.05) is 31.7 Å². The lowest BCUT2D eigenvalue weighted by atomic mass is 10.0. The zero-order valence-corrected chi connectivity index (χ0v) is 13.1. The summed E-state index contributed by atoms with van der Waals surface area (Å²) in [5, 5.41) is 1.83. The average Bonchev–Trinajstić information content (AvgIpc) is 3.18. The van der Waals surface area contributed by atoms with Crippen molar-refractivity contribution >= 4 is 22.9 Å². The molecule has 1 amide bonds. The maximum absolute atomic E-state index is 12.6. The molecular formula is C16H19N3OS. The minimum Gasteiger partial charge on any atom is -0.378 e. The molecule has 4 nitrogen and oxygen atoms in total. The number of hydrogen-bond acceptors (Lipinski definition) is 4. The highest BCUT2D eigenvalue weighted by molar-refractivity contribution is 7.07. The molecule has 3 rings (SSSR count). The highest BCUT2D eigenvalue weighted by Crippen LogP contribution is 2.34. The molecule has 1 aliphatic rings. The molecule has 0 saturated carbocycles. The van der Waals surface area contributed by atoms with Crippen molar-refractivity contribution in [2.24, 2.45) is 0 Å². The molecule has 1 atom stereocenters. The molecule has 0 spiro atoms. The number of carbonyl (C=O) groups excluding carboxylic acids is 1. The van der Waals surface area contributed by atoms with Crippen LogP contribution in [0.15, 0.2) is 35.2 Å². The smallest absolute Gasteiger partial charge is 0.273 e. The molecule has 2 heterocycles. The minimum atomic E-state index is 0.0500. The molecule has 1 fully saturated rings. The Bertz CT molecular complexity index is 624. The molecule has 21 heavy (non-hydrogen) atoms. The lowest BCUT2D eigenvalue weighted by molar-refractivity contribution is 0.0730. The third kappa shape index (κ3) is 2.78. The Kier molecular flexibility index (Phi) is 3.92. The second-order valence-corrected chi connectivity index (χ2v) is 6.24. The molecule has 0 unspecified atom stereocenters. The maximum Gasteiger partial charge on any atom is 0.273 e. The predicted molar refractivity (Wildman–Crippen MR) is 85.9 cm³/mol. The highest BCUT2D eigenvalue weighted by atomic mass is 32.1. The van der Waals surface area contributed by atoms with Crippen LogP contribution in [0.5, 0.6) is 0 Å². The molecule has 1 aliphatic heterocycles. The molecule has 1 aromatic carbocycles. The fourth-order valence-corrected chi connectivity index (χ4v) is 3.36. The molecule has 5 heteroatoms. The third-order valence-corrected chi connectivity index (χ3v) is 4.52. The first kappa shape index (κ1) is 14.1. The molecule has 0 N–H and O–H groups in total. The van der Waals surface area contributed by atoms with Gasteiger partial charge in [0.05, 0.1) is 11.6 Å². The largest absolute Gasteiger partial charge is 0.378 e. The summed E-state index contributed by atoms with van der Waals surface area (Å²) in [7, 11) is 4.07. The van der Waals surface area contributed by atoms with Crippen LogP contribution in [0, 0.1) is 0 Å². The number of amides is 1. The molecule has 0 bridgehead atoms. The molecule has 2 aromatic rings. The maximum atomic E-state index is 12.6. The number of likely N-dealkylation sites (tertiary alicyclic amines) is 1. The zero-order valence-electron chi connectivity index (χ0n) is 12.3. The van der Waals surface area contributed by atoms with Gasteiger partial charge < -0.3 is 9.80 Å². The van der Waals surface area contributed by atoms with Crippen LogP contribution in [0.4, 0.5) is 5.69 Å². The van der Waals surface area contributed by atoms with Gasteiger partial charge in [-0.2, -0.15) is 0 Å². The minimum absolute atomic E-state index is 0.0500. The van der Waals surface area contributed by atoms with Gasteiger partial charge in [-0.25, -0.2) is 4.98 Å². The van der Waals surface area contributed by atoms with Crippen LogP contribution in [0.2, 0.25) is 0 Å². The van der Waals surface area contributed by atoms with Crippen molar-refractivity contribution in [2.45, 2.75) is 18.9 Å². The summed E-state index contributed by atoms with van der Waals surface area (Å²) >= 11 is 1.46. The van der Waals surface area contributed by atoms with E-state index in [1.54, 1.807) is 5.51 Å². The van der Waals surface area contributed by atoms with Crippen LogP contribution in [-0.4, -0.2) is 36.4 Å². The van der Waals surface area contributed by atoms with Crippen molar-refractivity contribution in [2.75, 3.05) is 25.5 Å². The predicted octanol–water partition coefficient (Wildman–Crippen LogP) is 3.19. The van der Waals surface area contributed by atoms with E-state index in [0.29, 0.717) is 5.69 Å². The number of nitrogens with zero attached hydrogens (tertiary/aromatic N) is 3. The van der Waals surface area contributed by atoms with Crippen LogP contribution >= 0.6 is 11.3 Å². The first-order chi connectivity index (χ1) is 10.2. The van der Waals surface area contributed by atoms with E-state index in [1.807, 2.05) is 24.4 Å². The lowest BCUT2D eigenvalue weighted by Crippen LogP contribution is -2.30.